The lowest BCUT2D eigenvalue weighted by Crippen LogP contribution is -2.16. The van der Waals surface area contributed by atoms with Gasteiger partial charge in [0.15, 0.2) is 0 Å². The van der Waals surface area contributed by atoms with E-state index in [1.807, 2.05) is 0 Å². The fourth-order valence-corrected chi connectivity index (χ4v) is 2.49. The highest BCUT2D eigenvalue weighted by Gasteiger charge is 2.39. The van der Waals surface area contributed by atoms with Crippen LogP contribution in [0.2, 0.25) is 5.02 Å². The Morgan fingerprint density at radius 1 is 1.22 bits per heavy atom. The van der Waals surface area contributed by atoms with E-state index in [9.17, 15) is 18.3 Å². The van der Waals surface area contributed by atoms with Crippen molar-refractivity contribution < 1.29 is 23.0 Å². The van der Waals surface area contributed by atoms with Gasteiger partial charge in [-0.3, -0.25) is 0 Å². The Labute approximate surface area is 136 Å². The molecule has 0 amide bonds. The van der Waals surface area contributed by atoms with E-state index in [1.165, 1.54) is 36.4 Å². The van der Waals surface area contributed by atoms with Crippen LogP contribution in [0.4, 0.5) is 18.9 Å². The maximum absolute atomic E-state index is 13.4. The molecule has 2 aromatic carbocycles. The van der Waals surface area contributed by atoms with Gasteiger partial charge in [-0.05, 0) is 31.2 Å². The fourth-order valence-electron chi connectivity index (χ4n) is 2.31. The van der Waals surface area contributed by atoms with Crippen LogP contribution in [0, 0.1) is 0 Å². The average molecular weight is 346 g/mol. The molecule has 0 saturated carbocycles. The minimum absolute atomic E-state index is 0.0714. The Morgan fingerprint density at radius 3 is 2.52 bits per heavy atom. The SMILES string of the molecule is CCOc1cccc(C(O)c2cc(Cl)ccc2N)c1C(F)(F)F. The summed E-state index contributed by atoms with van der Waals surface area (Å²) in [6.45, 7) is 1.65. The molecule has 7 heteroatoms. The minimum Gasteiger partial charge on any atom is -0.493 e. The monoisotopic (exact) mass is 345 g/mol. The van der Waals surface area contributed by atoms with Gasteiger partial charge in [-0.25, -0.2) is 0 Å². The highest BCUT2D eigenvalue weighted by atomic mass is 35.5. The lowest BCUT2D eigenvalue weighted by molar-refractivity contribution is -0.140. The molecule has 1 atom stereocenters. The molecule has 1 unspecified atom stereocenters. The zero-order valence-corrected chi connectivity index (χ0v) is 12.9. The summed E-state index contributed by atoms with van der Waals surface area (Å²) in [5.41, 5.74) is 4.65. The highest BCUT2D eigenvalue weighted by Crippen LogP contribution is 2.43. The summed E-state index contributed by atoms with van der Waals surface area (Å²) in [5.74, 6) is -0.336. The van der Waals surface area contributed by atoms with Crippen molar-refractivity contribution in [3.63, 3.8) is 0 Å². The summed E-state index contributed by atoms with van der Waals surface area (Å²) in [6, 6.07) is 8.06. The largest absolute Gasteiger partial charge is 0.493 e. The van der Waals surface area contributed by atoms with Crippen molar-refractivity contribution in [1.29, 1.82) is 0 Å². The molecule has 0 aliphatic heterocycles. The summed E-state index contributed by atoms with van der Waals surface area (Å²) in [7, 11) is 0. The van der Waals surface area contributed by atoms with Crippen LogP contribution in [0.15, 0.2) is 36.4 Å². The first kappa shape index (κ1) is 17.4. The molecule has 0 bridgehead atoms. The van der Waals surface area contributed by atoms with Gasteiger partial charge in [0.05, 0.1) is 6.61 Å². The van der Waals surface area contributed by atoms with Gasteiger partial charge in [0.2, 0.25) is 0 Å². The molecule has 2 rings (SSSR count). The molecule has 3 nitrogen and oxygen atoms in total. The third-order valence-electron chi connectivity index (χ3n) is 3.28. The summed E-state index contributed by atoms with van der Waals surface area (Å²) < 4.78 is 45.4. The van der Waals surface area contributed by atoms with Crippen LogP contribution in [-0.4, -0.2) is 11.7 Å². The molecule has 0 aliphatic carbocycles. The second-order valence-corrected chi connectivity index (χ2v) is 5.26. The van der Waals surface area contributed by atoms with E-state index in [2.05, 4.69) is 0 Å². The number of aliphatic hydroxyl groups is 1. The predicted molar refractivity (Wildman–Crippen MR) is 82.5 cm³/mol. The lowest BCUT2D eigenvalue weighted by atomic mass is 9.94. The molecule has 0 aliphatic rings. The van der Waals surface area contributed by atoms with E-state index < -0.39 is 17.8 Å². The van der Waals surface area contributed by atoms with E-state index in [4.69, 9.17) is 22.1 Å². The first-order valence-corrected chi connectivity index (χ1v) is 7.19. The average Bonchev–Trinajstić information content (AvgIpc) is 2.48. The second kappa shape index (κ2) is 6.68. The number of hydrogen-bond acceptors (Lipinski definition) is 3. The number of ether oxygens (including phenoxy) is 1. The minimum atomic E-state index is -4.69. The molecular formula is C16H15ClF3NO2. The van der Waals surface area contributed by atoms with Gasteiger partial charge in [-0.1, -0.05) is 23.7 Å². The third kappa shape index (κ3) is 3.71. The van der Waals surface area contributed by atoms with Crippen LogP contribution in [0.25, 0.3) is 0 Å². The van der Waals surface area contributed by atoms with Crippen molar-refractivity contribution in [2.75, 3.05) is 12.3 Å². The molecule has 23 heavy (non-hydrogen) atoms. The van der Waals surface area contributed by atoms with Crippen LogP contribution in [0.3, 0.4) is 0 Å². The van der Waals surface area contributed by atoms with E-state index in [1.54, 1.807) is 6.92 Å². The summed E-state index contributed by atoms with van der Waals surface area (Å²) in [5, 5.41) is 10.7. The first-order valence-electron chi connectivity index (χ1n) is 6.81. The number of halogens is 4. The van der Waals surface area contributed by atoms with E-state index >= 15 is 0 Å². The zero-order valence-electron chi connectivity index (χ0n) is 12.2. The number of anilines is 1. The van der Waals surface area contributed by atoms with Gasteiger partial charge in [-0.2, -0.15) is 13.2 Å². The summed E-state index contributed by atoms with van der Waals surface area (Å²) in [4.78, 5) is 0. The van der Waals surface area contributed by atoms with Gasteiger partial charge >= 0.3 is 6.18 Å². The first-order chi connectivity index (χ1) is 10.8. The van der Waals surface area contributed by atoms with E-state index in [-0.39, 0.29) is 34.2 Å². The molecule has 0 spiro atoms. The molecular weight excluding hydrogens is 331 g/mol. The molecule has 0 fully saturated rings. The summed E-state index contributed by atoms with van der Waals surface area (Å²) in [6.07, 6.45) is -6.26. The Hall–Kier alpha value is -1.92. The Morgan fingerprint density at radius 2 is 1.91 bits per heavy atom. The van der Waals surface area contributed by atoms with Gasteiger partial charge < -0.3 is 15.6 Å². The van der Waals surface area contributed by atoms with Gasteiger partial charge in [0.25, 0.3) is 0 Å². The van der Waals surface area contributed by atoms with Crippen molar-refractivity contribution in [3.05, 3.63) is 58.1 Å². The van der Waals surface area contributed by atoms with E-state index in [0.717, 1.165) is 0 Å². The number of nitrogens with two attached hydrogens (primary N) is 1. The number of nitrogen functional groups attached to an aromatic ring is 1. The van der Waals surface area contributed by atoms with Crippen LogP contribution in [0.1, 0.15) is 29.7 Å². The number of hydrogen-bond donors (Lipinski definition) is 2. The summed E-state index contributed by atoms with van der Waals surface area (Å²) >= 11 is 5.85. The molecule has 124 valence electrons. The Balaban J connectivity index is 2.62. The molecule has 2 aromatic rings. The predicted octanol–water partition coefficient (Wildman–Crippen LogP) is 4.42. The van der Waals surface area contributed by atoms with Crippen LogP contribution < -0.4 is 10.5 Å². The van der Waals surface area contributed by atoms with Crippen molar-refractivity contribution >= 4 is 17.3 Å². The second-order valence-electron chi connectivity index (χ2n) is 4.83. The van der Waals surface area contributed by atoms with Crippen molar-refractivity contribution in [1.82, 2.24) is 0 Å². The maximum atomic E-state index is 13.4. The number of benzene rings is 2. The maximum Gasteiger partial charge on any atom is 0.420 e. The van der Waals surface area contributed by atoms with Crippen LogP contribution in [0.5, 0.6) is 5.75 Å². The van der Waals surface area contributed by atoms with Crippen molar-refractivity contribution in [3.8, 4) is 5.75 Å². The standard InChI is InChI=1S/C16H15ClF3NO2/c1-2-23-13-5-3-4-10(14(13)16(18,19)20)15(22)11-8-9(17)6-7-12(11)21/h3-8,15,22H,2,21H2,1H3. The number of rotatable bonds is 4. The molecule has 0 heterocycles. The molecule has 3 N–H and O–H groups in total. The number of alkyl halides is 3. The lowest BCUT2D eigenvalue weighted by Gasteiger charge is -2.21. The molecule has 0 saturated heterocycles. The van der Waals surface area contributed by atoms with Crippen molar-refractivity contribution in [2.45, 2.75) is 19.2 Å². The third-order valence-corrected chi connectivity index (χ3v) is 3.51. The van der Waals surface area contributed by atoms with E-state index in [0.29, 0.717) is 0 Å². The normalized spacial score (nSPS) is 13.0. The topological polar surface area (TPSA) is 55.5 Å². The van der Waals surface area contributed by atoms with Gasteiger partial charge in [-0.15, -0.1) is 0 Å². The molecule has 0 aromatic heterocycles. The van der Waals surface area contributed by atoms with Gasteiger partial charge in [0, 0.05) is 21.8 Å². The number of aliphatic hydroxyl groups excluding tert-OH is 1. The fraction of sp³-hybridized carbons (Fsp3) is 0.250. The smallest absolute Gasteiger partial charge is 0.420 e. The quantitative estimate of drug-likeness (QED) is 0.806. The Bertz CT molecular complexity index is 704. The van der Waals surface area contributed by atoms with Crippen molar-refractivity contribution in [2.24, 2.45) is 0 Å². The van der Waals surface area contributed by atoms with Crippen LogP contribution >= 0.6 is 11.6 Å². The Kier molecular flexibility index (Phi) is 5.06. The zero-order chi connectivity index (χ0) is 17.2. The van der Waals surface area contributed by atoms with Crippen LogP contribution in [-0.2, 0) is 6.18 Å². The highest BCUT2D eigenvalue weighted by molar-refractivity contribution is 6.30. The van der Waals surface area contributed by atoms with Gasteiger partial charge in [0.1, 0.15) is 17.4 Å². The molecule has 0 radical (unpaired) electrons.